The van der Waals surface area contributed by atoms with E-state index in [-0.39, 0.29) is 23.9 Å². The predicted octanol–water partition coefficient (Wildman–Crippen LogP) is 4.21. The van der Waals surface area contributed by atoms with Gasteiger partial charge in [-0.05, 0) is 44.7 Å². The zero-order valence-corrected chi connectivity index (χ0v) is 17.8. The van der Waals surface area contributed by atoms with Gasteiger partial charge in [-0.3, -0.25) is 9.48 Å². The standard InChI is InChI=1S/C24H26FN3O3/c1-14-21-20(31-23(14)24(29)26-12-17-6-5-11-30-17)10-9-16-13-28(27-22(16)21)15(2)18-7-3-4-8-19(18)25/h3-4,7-8,13,15,17H,5-6,9-12H2,1-2H3,(H,26,29)/t15-,17+/m1/s1. The van der Waals surface area contributed by atoms with Crippen LogP contribution in [-0.2, 0) is 17.6 Å². The summed E-state index contributed by atoms with van der Waals surface area (Å²) >= 11 is 0. The minimum absolute atomic E-state index is 0.0796. The van der Waals surface area contributed by atoms with Crippen LogP contribution in [0, 0.1) is 12.7 Å². The zero-order valence-electron chi connectivity index (χ0n) is 17.8. The third-order valence-corrected chi connectivity index (χ3v) is 6.36. The quantitative estimate of drug-likeness (QED) is 0.668. The number of carbonyl (C=O) groups is 1. The van der Waals surface area contributed by atoms with Crippen LogP contribution in [0.15, 0.2) is 34.9 Å². The second kappa shape index (κ2) is 7.96. The molecule has 5 rings (SSSR count). The van der Waals surface area contributed by atoms with Crippen molar-refractivity contribution < 1.29 is 18.3 Å². The van der Waals surface area contributed by atoms with Gasteiger partial charge >= 0.3 is 0 Å². The number of nitrogens with zero attached hydrogens (tertiary/aromatic N) is 2. The van der Waals surface area contributed by atoms with E-state index in [0.29, 0.717) is 24.3 Å². The second-order valence-electron chi connectivity index (χ2n) is 8.38. The Kier molecular flexibility index (Phi) is 5.14. The highest BCUT2D eigenvalue weighted by molar-refractivity contribution is 5.95. The van der Waals surface area contributed by atoms with Crippen molar-refractivity contribution in [3.05, 3.63) is 64.5 Å². The molecule has 31 heavy (non-hydrogen) atoms. The molecule has 3 aromatic rings. The number of aryl methyl sites for hydroxylation is 2. The second-order valence-corrected chi connectivity index (χ2v) is 8.38. The normalized spacial score (nSPS) is 18.5. The van der Waals surface area contributed by atoms with E-state index in [2.05, 4.69) is 5.32 Å². The lowest BCUT2D eigenvalue weighted by Gasteiger charge is -2.13. The van der Waals surface area contributed by atoms with Gasteiger partial charge in [-0.2, -0.15) is 5.10 Å². The molecule has 6 nitrogen and oxygen atoms in total. The Morgan fingerprint density at radius 3 is 2.97 bits per heavy atom. The fraction of sp³-hybridized carbons (Fsp3) is 0.417. The molecular weight excluding hydrogens is 397 g/mol. The average molecular weight is 423 g/mol. The summed E-state index contributed by atoms with van der Waals surface area (Å²) in [5, 5.41) is 7.73. The number of ether oxygens (including phenoxy) is 1. The number of halogens is 1. The molecule has 0 unspecified atom stereocenters. The van der Waals surface area contributed by atoms with Crippen molar-refractivity contribution >= 4 is 5.91 Å². The number of fused-ring (bicyclic) bond motifs is 3. The van der Waals surface area contributed by atoms with Gasteiger partial charge in [-0.1, -0.05) is 18.2 Å². The zero-order chi connectivity index (χ0) is 21.5. The van der Waals surface area contributed by atoms with Gasteiger partial charge in [0.05, 0.1) is 17.8 Å². The highest BCUT2D eigenvalue weighted by Crippen LogP contribution is 2.39. The smallest absolute Gasteiger partial charge is 0.287 e. The molecule has 7 heteroatoms. The first-order valence-electron chi connectivity index (χ1n) is 10.9. The first-order chi connectivity index (χ1) is 15.0. The number of benzene rings is 1. The number of hydrogen-bond acceptors (Lipinski definition) is 4. The first kappa shape index (κ1) is 20.0. The summed E-state index contributed by atoms with van der Waals surface area (Å²) in [6.45, 7) is 5.08. The van der Waals surface area contributed by atoms with Gasteiger partial charge in [0.1, 0.15) is 11.6 Å². The summed E-state index contributed by atoms with van der Waals surface area (Å²) in [4.78, 5) is 12.8. The molecule has 1 N–H and O–H groups in total. The molecule has 1 saturated heterocycles. The Hall–Kier alpha value is -2.93. The average Bonchev–Trinajstić information content (AvgIpc) is 3.50. The van der Waals surface area contributed by atoms with Crippen LogP contribution < -0.4 is 5.32 Å². The van der Waals surface area contributed by atoms with Gasteiger partial charge in [0, 0.05) is 42.5 Å². The SMILES string of the molecule is Cc1c(C(=O)NC[C@@H]2CCCO2)oc2c1-c1nn([C@H](C)c3ccccc3F)cc1CC2. The molecule has 0 radical (unpaired) electrons. The molecule has 0 saturated carbocycles. The van der Waals surface area contributed by atoms with E-state index in [1.165, 1.54) is 6.07 Å². The lowest BCUT2D eigenvalue weighted by Crippen LogP contribution is -2.31. The van der Waals surface area contributed by atoms with Gasteiger partial charge in [-0.25, -0.2) is 4.39 Å². The molecule has 1 fully saturated rings. The lowest BCUT2D eigenvalue weighted by molar-refractivity contribution is 0.0833. The Balaban J connectivity index is 1.42. The Morgan fingerprint density at radius 1 is 1.35 bits per heavy atom. The van der Waals surface area contributed by atoms with Crippen LogP contribution in [0.2, 0.25) is 0 Å². The summed E-state index contributed by atoms with van der Waals surface area (Å²) in [5.41, 5.74) is 4.20. The van der Waals surface area contributed by atoms with Crippen molar-refractivity contribution in [3.63, 3.8) is 0 Å². The largest absolute Gasteiger partial charge is 0.455 e. The topological polar surface area (TPSA) is 69.3 Å². The summed E-state index contributed by atoms with van der Waals surface area (Å²) in [6, 6.07) is 6.53. The Morgan fingerprint density at radius 2 is 2.19 bits per heavy atom. The van der Waals surface area contributed by atoms with Crippen LogP contribution in [0.1, 0.15) is 58.8 Å². The predicted molar refractivity (Wildman–Crippen MR) is 114 cm³/mol. The maximum Gasteiger partial charge on any atom is 0.287 e. The molecule has 0 bridgehead atoms. The van der Waals surface area contributed by atoms with E-state index in [9.17, 15) is 9.18 Å². The molecule has 1 aromatic carbocycles. The van der Waals surface area contributed by atoms with Crippen LogP contribution in [0.25, 0.3) is 11.3 Å². The van der Waals surface area contributed by atoms with Gasteiger partial charge < -0.3 is 14.5 Å². The summed E-state index contributed by atoms with van der Waals surface area (Å²) in [6.07, 6.45) is 5.55. The van der Waals surface area contributed by atoms with Crippen molar-refractivity contribution in [2.24, 2.45) is 0 Å². The van der Waals surface area contributed by atoms with E-state index < -0.39 is 0 Å². The van der Waals surface area contributed by atoms with Crippen molar-refractivity contribution in [2.45, 2.75) is 51.7 Å². The number of hydrogen-bond donors (Lipinski definition) is 1. The third kappa shape index (κ3) is 3.57. The molecule has 0 spiro atoms. The lowest BCUT2D eigenvalue weighted by atomic mass is 9.93. The number of nitrogens with one attached hydrogen (secondary N) is 1. The molecule has 1 aliphatic heterocycles. The third-order valence-electron chi connectivity index (χ3n) is 6.36. The molecule has 3 heterocycles. The van der Waals surface area contributed by atoms with Crippen molar-refractivity contribution in [3.8, 4) is 11.3 Å². The van der Waals surface area contributed by atoms with Gasteiger partial charge in [0.25, 0.3) is 5.91 Å². The van der Waals surface area contributed by atoms with Crippen LogP contribution in [-0.4, -0.2) is 34.9 Å². The highest BCUT2D eigenvalue weighted by Gasteiger charge is 2.31. The number of furan rings is 1. The fourth-order valence-electron chi connectivity index (χ4n) is 4.59. The highest BCUT2D eigenvalue weighted by atomic mass is 19.1. The maximum atomic E-state index is 14.3. The van der Waals surface area contributed by atoms with E-state index in [1.54, 1.807) is 12.1 Å². The minimum Gasteiger partial charge on any atom is -0.455 e. The monoisotopic (exact) mass is 423 g/mol. The molecule has 1 aliphatic carbocycles. The Labute approximate surface area is 180 Å². The van der Waals surface area contributed by atoms with E-state index in [4.69, 9.17) is 14.3 Å². The number of amides is 1. The van der Waals surface area contributed by atoms with E-state index in [1.807, 2.05) is 30.8 Å². The van der Waals surface area contributed by atoms with Crippen molar-refractivity contribution in [1.82, 2.24) is 15.1 Å². The summed E-state index contributed by atoms with van der Waals surface area (Å²) in [5.74, 6) is 0.667. The molecule has 162 valence electrons. The Bertz CT molecular complexity index is 1130. The number of carbonyl (C=O) groups excluding carboxylic acids is 1. The fourth-order valence-corrected chi connectivity index (χ4v) is 4.59. The molecule has 1 amide bonds. The summed E-state index contributed by atoms with van der Waals surface area (Å²) in [7, 11) is 0. The molecule has 2 aliphatic rings. The van der Waals surface area contributed by atoms with Gasteiger partial charge in [-0.15, -0.1) is 0 Å². The summed E-state index contributed by atoms with van der Waals surface area (Å²) < 4.78 is 27.7. The van der Waals surface area contributed by atoms with Crippen molar-refractivity contribution in [2.75, 3.05) is 13.2 Å². The van der Waals surface area contributed by atoms with Crippen LogP contribution in [0.4, 0.5) is 4.39 Å². The van der Waals surface area contributed by atoms with Gasteiger partial charge in [0.15, 0.2) is 5.76 Å². The maximum absolute atomic E-state index is 14.3. The first-order valence-corrected chi connectivity index (χ1v) is 10.9. The van der Waals surface area contributed by atoms with Crippen LogP contribution in [0.3, 0.4) is 0 Å². The van der Waals surface area contributed by atoms with Gasteiger partial charge in [0.2, 0.25) is 0 Å². The minimum atomic E-state index is -0.242. The van der Waals surface area contributed by atoms with Crippen molar-refractivity contribution in [1.29, 1.82) is 0 Å². The molecular formula is C24H26FN3O3. The van der Waals surface area contributed by atoms with Crippen LogP contribution >= 0.6 is 0 Å². The number of rotatable bonds is 5. The van der Waals surface area contributed by atoms with E-state index in [0.717, 1.165) is 54.0 Å². The number of aromatic nitrogens is 2. The molecule has 2 aromatic heterocycles. The molecule has 2 atom stereocenters. The van der Waals surface area contributed by atoms with E-state index >= 15 is 0 Å². The van der Waals surface area contributed by atoms with Crippen LogP contribution in [0.5, 0.6) is 0 Å².